The Balaban J connectivity index is 2.55. The summed E-state index contributed by atoms with van der Waals surface area (Å²) in [7, 11) is -1.90. The van der Waals surface area contributed by atoms with E-state index in [1.54, 1.807) is 11.8 Å². The Bertz CT molecular complexity index is 477. The monoisotopic (exact) mass is 358 g/mol. The highest BCUT2D eigenvalue weighted by atomic mass is 32.2. The highest BCUT2D eigenvalue weighted by Crippen LogP contribution is 2.42. The first-order valence-corrected chi connectivity index (χ1v) is 12.2. The number of carbonyl (C=O) groups is 2. The van der Waals surface area contributed by atoms with Gasteiger partial charge in [-0.15, -0.1) is 11.8 Å². The van der Waals surface area contributed by atoms with E-state index in [1.807, 2.05) is 0 Å². The summed E-state index contributed by atoms with van der Waals surface area (Å²) >= 11 is 1.59. The van der Waals surface area contributed by atoms with Crippen LogP contribution in [0.15, 0.2) is 10.7 Å². The number of Topliss-reactive ketones (excluding diaryl/α,β-unsaturated/α-hetero) is 1. The van der Waals surface area contributed by atoms with Crippen LogP contribution in [0.4, 0.5) is 0 Å². The van der Waals surface area contributed by atoms with Crippen LogP contribution in [-0.4, -0.2) is 30.9 Å². The van der Waals surface area contributed by atoms with Gasteiger partial charge in [-0.3, -0.25) is 9.59 Å². The molecule has 0 aromatic carbocycles. The number of hydrogen-bond acceptors (Lipinski definition) is 4. The molecule has 1 aliphatic rings. The fourth-order valence-electron chi connectivity index (χ4n) is 2.06. The van der Waals surface area contributed by atoms with Crippen molar-refractivity contribution in [2.75, 3.05) is 5.75 Å². The quantitative estimate of drug-likeness (QED) is 0.466. The lowest BCUT2D eigenvalue weighted by Gasteiger charge is -2.37. The molecule has 0 aromatic rings. The van der Waals surface area contributed by atoms with E-state index in [9.17, 15) is 9.59 Å². The molecule has 0 saturated heterocycles. The largest absolute Gasteiger partial charge is 0.545 e. The van der Waals surface area contributed by atoms with Gasteiger partial charge >= 0.3 is 5.97 Å². The predicted octanol–water partition coefficient (Wildman–Crippen LogP) is 4.96. The molecule has 6 heteroatoms. The van der Waals surface area contributed by atoms with E-state index in [4.69, 9.17) is 9.53 Å². The Morgan fingerprint density at radius 2 is 1.87 bits per heavy atom. The molecule has 0 bridgehead atoms. The van der Waals surface area contributed by atoms with Crippen molar-refractivity contribution in [1.82, 2.24) is 0 Å². The fraction of sp³-hybridized carbons (Fsp3) is 0.765. The van der Waals surface area contributed by atoms with Crippen molar-refractivity contribution in [2.24, 2.45) is 0 Å². The second-order valence-corrected chi connectivity index (χ2v) is 13.4. The first kappa shape index (κ1) is 20.3. The van der Waals surface area contributed by atoms with Crippen LogP contribution in [-0.2, 0) is 14.0 Å². The van der Waals surface area contributed by atoms with Gasteiger partial charge in [-0.2, -0.15) is 0 Å². The topological polar surface area (TPSA) is 63.6 Å². The molecule has 0 spiro atoms. The number of hydrogen-bond donors (Lipinski definition) is 1. The molecule has 1 aliphatic carbocycles. The fourth-order valence-corrected chi connectivity index (χ4v) is 4.38. The van der Waals surface area contributed by atoms with E-state index in [0.29, 0.717) is 12.8 Å². The summed E-state index contributed by atoms with van der Waals surface area (Å²) in [5.41, 5.74) is 0. The molecule has 0 amide bonds. The van der Waals surface area contributed by atoms with Crippen LogP contribution >= 0.6 is 11.8 Å². The van der Waals surface area contributed by atoms with Gasteiger partial charge in [0.05, 0.1) is 10.7 Å². The van der Waals surface area contributed by atoms with Crippen LogP contribution in [0.5, 0.6) is 0 Å². The number of aliphatic carboxylic acids is 1. The number of carboxylic acid groups (broad SMARTS) is 1. The van der Waals surface area contributed by atoms with Crippen LogP contribution < -0.4 is 0 Å². The Labute approximate surface area is 145 Å². The lowest BCUT2D eigenvalue weighted by Crippen LogP contribution is -2.40. The molecule has 23 heavy (non-hydrogen) atoms. The van der Waals surface area contributed by atoms with Crippen molar-refractivity contribution >= 4 is 31.8 Å². The minimum atomic E-state index is -1.90. The summed E-state index contributed by atoms with van der Waals surface area (Å²) in [6, 6.07) is 0. The SMILES string of the molecule is CC(C)(C)[Si](C)(C)OC1=C(SCCCCCC(=O)O)C(=O)CC1. The van der Waals surface area contributed by atoms with E-state index in [2.05, 4.69) is 33.9 Å². The van der Waals surface area contributed by atoms with Crippen molar-refractivity contribution in [3.8, 4) is 0 Å². The van der Waals surface area contributed by atoms with Crippen molar-refractivity contribution < 1.29 is 19.1 Å². The Hall–Kier alpha value is -0.753. The zero-order chi connectivity index (χ0) is 17.7. The number of rotatable bonds is 9. The Morgan fingerprint density at radius 1 is 1.22 bits per heavy atom. The summed E-state index contributed by atoms with van der Waals surface area (Å²) in [5.74, 6) is 1.22. The van der Waals surface area contributed by atoms with Crippen molar-refractivity contribution in [3.63, 3.8) is 0 Å². The minimum absolute atomic E-state index is 0.123. The predicted molar refractivity (Wildman–Crippen MR) is 98.1 cm³/mol. The molecular weight excluding hydrogens is 328 g/mol. The third-order valence-electron chi connectivity index (χ3n) is 4.55. The highest BCUT2D eigenvalue weighted by Gasteiger charge is 2.41. The molecule has 0 heterocycles. The van der Waals surface area contributed by atoms with E-state index < -0.39 is 14.3 Å². The zero-order valence-electron chi connectivity index (χ0n) is 15.0. The normalized spacial score (nSPS) is 16.1. The second kappa shape index (κ2) is 8.38. The van der Waals surface area contributed by atoms with Crippen LogP contribution in [0, 0.1) is 0 Å². The van der Waals surface area contributed by atoms with Crippen molar-refractivity contribution in [3.05, 3.63) is 10.7 Å². The maximum Gasteiger partial charge on any atom is 0.303 e. The molecule has 132 valence electrons. The number of ketones is 1. The number of carboxylic acids is 1. The third-order valence-corrected chi connectivity index (χ3v) is 10.2. The van der Waals surface area contributed by atoms with E-state index in [1.165, 1.54) is 0 Å². The molecule has 0 radical (unpaired) electrons. The molecule has 4 nitrogen and oxygen atoms in total. The second-order valence-electron chi connectivity index (χ2n) is 7.59. The standard InChI is InChI=1S/C17H30O4SSi/c1-17(2,3)23(4,5)21-14-11-10-13(18)16(14)22-12-8-6-7-9-15(19)20/h6-12H2,1-5H3,(H,19,20). The lowest BCUT2D eigenvalue weighted by atomic mass is 10.2. The van der Waals surface area contributed by atoms with Crippen LogP contribution in [0.25, 0.3) is 0 Å². The third kappa shape index (κ3) is 6.34. The smallest absolute Gasteiger partial charge is 0.303 e. The number of unbranched alkanes of at least 4 members (excludes halogenated alkanes) is 2. The average Bonchev–Trinajstić information content (AvgIpc) is 2.73. The van der Waals surface area contributed by atoms with Gasteiger partial charge in [-0.25, -0.2) is 0 Å². The summed E-state index contributed by atoms with van der Waals surface area (Å²) < 4.78 is 6.36. The molecule has 0 aliphatic heterocycles. The van der Waals surface area contributed by atoms with Gasteiger partial charge < -0.3 is 9.53 Å². The van der Waals surface area contributed by atoms with Gasteiger partial charge in [-0.1, -0.05) is 27.2 Å². The molecule has 0 saturated carbocycles. The maximum atomic E-state index is 12.1. The van der Waals surface area contributed by atoms with E-state index in [0.717, 1.165) is 35.7 Å². The summed E-state index contributed by atoms with van der Waals surface area (Å²) in [4.78, 5) is 23.4. The Morgan fingerprint density at radius 3 is 2.43 bits per heavy atom. The van der Waals surface area contributed by atoms with Crippen molar-refractivity contribution in [2.45, 2.75) is 77.4 Å². The van der Waals surface area contributed by atoms with Gasteiger partial charge in [0, 0.05) is 19.3 Å². The summed E-state index contributed by atoms with van der Waals surface area (Å²) in [6.45, 7) is 11.0. The molecule has 1 N–H and O–H groups in total. The van der Waals surface area contributed by atoms with Crippen molar-refractivity contribution in [1.29, 1.82) is 0 Å². The molecule has 0 aromatic heterocycles. The molecule has 0 atom stereocenters. The number of thioether (sulfide) groups is 1. The van der Waals surface area contributed by atoms with Crippen LogP contribution in [0.3, 0.4) is 0 Å². The first-order chi connectivity index (χ1) is 10.5. The highest BCUT2D eigenvalue weighted by molar-refractivity contribution is 8.04. The number of allylic oxidation sites excluding steroid dienone is 2. The minimum Gasteiger partial charge on any atom is -0.545 e. The lowest BCUT2D eigenvalue weighted by molar-refractivity contribution is -0.137. The van der Waals surface area contributed by atoms with E-state index >= 15 is 0 Å². The summed E-state index contributed by atoms with van der Waals surface area (Å²) in [5, 5.41) is 8.74. The molecule has 0 unspecified atom stereocenters. The zero-order valence-corrected chi connectivity index (χ0v) is 16.8. The molecule has 0 fully saturated rings. The van der Waals surface area contributed by atoms with Gasteiger partial charge in [0.2, 0.25) is 8.32 Å². The van der Waals surface area contributed by atoms with Gasteiger partial charge in [0.25, 0.3) is 0 Å². The maximum absolute atomic E-state index is 12.1. The average molecular weight is 359 g/mol. The summed E-state index contributed by atoms with van der Waals surface area (Å²) in [6.07, 6.45) is 4.04. The molecule has 1 rings (SSSR count). The van der Waals surface area contributed by atoms with E-state index in [-0.39, 0.29) is 17.2 Å². The van der Waals surface area contributed by atoms with Gasteiger partial charge in [-0.05, 0) is 36.7 Å². The van der Waals surface area contributed by atoms with Crippen LogP contribution in [0.2, 0.25) is 18.1 Å². The first-order valence-electron chi connectivity index (χ1n) is 8.34. The van der Waals surface area contributed by atoms with Gasteiger partial charge in [0.15, 0.2) is 5.78 Å². The van der Waals surface area contributed by atoms with Gasteiger partial charge in [0.1, 0.15) is 0 Å². The Kier molecular flexibility index (Phi) is 7.39. The molecular formula is C17H30O4SSi. The van der Waals surface area contributed by atoms with Crippen LogP contribution in [0.1, 0.15) is 59.3 Å². The number of carbonyl (C=O) groups excluding carboxylic acids is 1.